The van der Waals surface area contributed by atoms with E-state index >= 15 is 0 Å². The minimum atomic E-state index is -0.0635. The van der Waals surface area contributed by atoms with Gasteiger partial charge in [0, 0.05) is 19.5 Å². The van der Waals surface area contributed by atoms with Gasteiger partial charge < -0.3 is 4.90 Å². The normalized spacial score (nSPS) is 35.1. The van der Waals surface area contributed by atoms with E-state index in [1.165, 1.54) is 25.7 Å². The first-order valence-electron chi connectivity index (χ1n) is 6.38. The van der Waals surface area contributed by atoms with E-state index in [1.54, 1.807) is 0 Å². The van der Waals surface area contributed by atoms with Crippen LogP contribution in [0.4, 0.5) is 0 Å². The summed E-state index contributed by atoms with van der Waals surface area (Å²) in [5, 5.41) is 8.83. The summed E-state index contributed by atoms with van der Waals surface area (Å²) in [6.07, 6.45) is 5.64. The van der Waals surface area contributed by atoms with Gasteiger partial charge in [-0.25, -0.2) is 0 Å². The smallest absolute Gasteiger partial charge is 0.224 e. The molecule has 1 saturated carbocycles. The quantitative estimate of drug-likeness (QED) is 0.716. The number of nitrogens with zero attached hydrogens (tertiary/aromatic N) is 2. The zero-order valence-corrected chi connectivity index (χ0v) is 9.98. The molecule has 0 aromatic heterocycles. The van der Waals surface area contributed by atoms with Gasteiger partial charge in [-0.05, 0) is 18.3 Å². The number of hydrogen-bond acceptors (Lipinski definition) is 2. The predicted octanol–water partition coefficient (Wildman–Crippen LogP) is 2.18. The summed E-state index contributed by atoms with van der Waals surface area (Å²) in [5.41, 5.74) is 0. The van der Waals surface area contributed by atoms with E-state index in [2.05, 4.69) is 13.0 Å². The molecule has 1 aliphatic carbocycles. The van der Waals surface area contributed by atoms with Crippen molar-refractivity contribution in [3.8, 4) is 6.07 Å². The molecule has 3 nitrogen and oxygen atoms in total. The molecule has 1 saturated heterocycles. The van der Waals surface area contributed by atoms with Crippen LogP contribution < -0.4 is 0 Å². The van der Waals surface area contributed by atoms with E-state index in [-0.39, 0.29) is 11.8 Å². The number of hydrogen-bond donors (Lipinski definition) is 0. The maximum atomic E-state index is 11.7. The molecule has 16 heavy (non-hydrogen) atoms. The fourth-order valence-corrected chi connectivity index (χ4v) is 2.98. The number of amides is 1. The predicted molar refractivity (Wildman–Crippen MR) is 61.4 cm³/mol. The highest BCUT2D eigenvalue weighted by atomic mass is 16.2. The Labute approximate surface area is 97.4 Å². The summed E-state index contributed by atoms with van der Waals surface area (Å²) in [6.45, 7) is 3.85. The van der Waals surface area contributed by atoms with Crippen molar-refractivity contribution in [1.82, 2.24) is 4.90 Å². The molecule has 3 heteroatoms. The first kappa shape index (κ1) is 11.4. The van der Waals surface area contributed by atoms with Crippen molar-refractivity contribution in [1.29, 1.82) is 5.26 Å². The molecule has 88 valence electrons. The Morgan fingerprint density at radius 1 is 1.44 bits per heavy atom. The molecular weight excluding hydrogens is 200 g/mol. The maximum Gasteiger partial charge on any atom is 0.224 e. The molecule has 2 fully saturated rings. The average Bonchev–Trinajstić information content (AvgIpc) is 2.63. The van der Waals surface area contributed by atoms with Gasteiger partial charge in [0.05, 0.1) is 12.0 Å². The molecule has 0 radical (unpaired) electrons. The molecule has 3 atom stereocenters. The highest BCUT2D eigenvalue weighted by molar-refractivity contribution is 5.79. The Balaban J connectivity index is 1.89. The Kier molecular flexibility index (Phi) is 3.48. The van der Waals surface area contributed by atoms with E-state index in [0.717, 1.165) is 12.5 Å². The monoisotopic (exact) mass is 220 g/mol. The van der Waals surface area contributed by atoms with Crippen molar-refractivity contribution in [3.63, 3.8) is 0 Å². The van der Waals surface area contributed by atoms with Gasteiger partial charge in [-0.15, -0.1) is 0 Å². The van der Waals surface area contributed by atoms with Crippen molar-refractivity contribution in [2.75, 3.05) is 13.1 Å². The lowest BCUT2D eigenvalue weighted by Gasteiger charge is -2.32. The lowest BCUT2D eigenvalue weighted by Crippen LogP contribution is -2.34. The molecule has 3 unspecified atom stereocenters. The van der Waals surface area contributed by atoms with Gasteiger partial charge >= 0.3 is 0 Å². The second-order valence-corrected chi connectivity index (χ2v) is 5.35. The third-order valence-corrected chi connectivity index (χ3v) is 4.14. The minimum Gasteiger partial charge on any atom is -0.341 e. The average molecular weight is 220 g/mol. The first-order chi connectivity index (χ1) is 7.70. The van der Waals surface area contributed by atoms with Crippen LogP contribution in [0.5, 0.6) is 0 Å². The third-order valence-electron chi connectivity index (χ3n) is 4.14. The largest absolute Gasteiger partial charge is 0.341 e. The maximum absolute atomic E-state index is 11.7. The van der Waals surface area contributed by atoms with E-state index in [0.29, 0.717) is 18.9 Å². The zero-order chi connectivity index (χ0) is 11.5. The summed E-state index contributed by atoms with van der Waals surface area (Å²) in [7, 11) is 0. The molecule has 2 aliphatic rings. The molecule has 0 aromatic rings. The topological polar surface area (TPSA) is 44.1 Å². The van der Waals surface area contributed by atoms with Crippen LogP contribution in [0.2, 0.25) is 0 Å². The lowest BCUT2D eigenvalue weighted by atomic mass is 9.80. The van der Waals surface area contributed by atoms with Gasteiger partial charge in [-0.3, -0.25) is 4.79 Å². The fourth-order valence-electron chi connectivity index (χ4n) is 2.98. The molecule has 0 bridgehead atoms. The van der Waals surface area contributed by atoms with Crippen molar-refractivity contribution >= 4 is 5.91 Å². The fraction of sp³-hybridized carbons (Fsp3) is 0.846. The van der Waals surface area contributed by atoms with Crippen LogP contribution in [-0.4, -0.2) is 23.9 Å². The summed E-state index contributed by atoms with van der Waals surface area (Å²) in [4.78, 5) is 13.6. The van der Waals surface area contributed by atoms with Crippen LogP contribution in [0, 0.1) is 29.1 Å². The Hall–Kier alpha value is -1.04. The van der Waals surface area contributed by atoms with Gasteiger partial charge in [0.15, 0.2) is 0 Å². The van der Waals surface area contributed by atoms with Gasteiger partial charge in [0.25, 0.3) is 0 Å². The molecule has 1 aliphatic heterocycles. The van der Waals surface area contributed by atoms with Crippen molar-refractivity contribution in [2.45, 2.75) is 39.0 Å². The summed E-state index contributed by atoms with van der Waals surface area (Å²) in [6, 6.07) is 2.21. The standard InChI is InChI=1S/C13H20N2O/c1-10-4-2-3-5-12(10)9-15-8-11(7-14)6-13(15)16/h10-12H,2-6,8-9H2,1H3. The van der Waals surface area contributed by atoms with E-state index in [4.69, 9.17) is 5.26 Å². The van der Waals surface area contributed by atoms with Gasteiger partial charge in [0.1, 0.15) is 0 Å². The number of rotatable bonds is 2. The van der Waals surface area contributed by atoms with E-state index < -0.39 is 0 Å². The summed E-state index contributed by atoms with van der Waals surface area (Å²) >= 11 is 0. The second-order valence-electron chi connectivity index (χ2n) is 5.35. The molecule has 1 heterocycles. The SMILES string of the molecule is CC1CCCCC1CN1CC(C#N)CC1=O. The molecule has 0 N–H and O–H groups in total. The number of likely N-dealkylation sites (tertiary alicyclic amines) is 1. The highest BCUT2D eigenvalue weighted by Crippen LogP contribution is 2.31. The number of carbonyl (C=O) groups is 1. The van der Waals surface area contributed by atoms with Crippen molar-refractivity contribution < 1.29 is 4.79 Å². The molecule has 0 aromatic carbocycles. The van der Waals surface area contributed by atoms with E-state index in [9.17, 15) is 4.79 Å². The highest BCUT2D eigenvalue weighted by Gasteiger charge is 2.32. The number of carbonyl (C=O) groups excluding carboxylic acids is 1. The molecular formula is C13H20N2O. The van der Waals surface area contributed by atoms with Crippen LogP contribution in [0.3, 0.4) is 0 Å². The van der Waals surface area contributed by atoms with Gasteiger partial charge in [-0.1, -0.05) is 26.2 Å². The van der Waals surface area contributed by atoms with Crippen LogP contribution in [-0.2, 0) is 4.79 Å². The van der Waals surface area contributed by atoms with Crippen LogP contribution in [0.1, 0.15) is 39.0 Å². The number of nitriles is 1. The van der Waals surface area contributed by atoms with Crippen LogP contribution in [0.25, 0.3) is 0 Å². The minimum absolute atomic E-state index is 0.0635. The Morgan fingerprint density at radius 3 is 2.81 bits per heavy atom. The van der Waals surface area contributed by atoms with Gasteiger partial charge in [0.2, 0.25) is 5.91 Å². The van der Waals surface area contributed by atoms with E-state index in [1.807, 2.05) is 4.90 Å². The first-order valence-corrected chi connectivity index (χ1v) is 6.38. The van der Waals surface area contributed by atoms with Crippen LogP contribution >= 0.6 is 0 Å². The van der Waals surface area contributed by atoms with Gasteiger partial charge in [-0.2, -0.15) is 5.26 Å². The van der Waals surface area contributed by atoms with Crippen molar-refractivity contribution in [2.24, 2.45) is 17.8 Å². The van der Waals surface area contributed by atoms with Crippen LogP contribution in [0.15, 0.2) is 0 Å². The Bertz CT molecular complexity index is 308. The summed E-state index contributed by atoms with van der Waals surface area (Å²) in [5.74, 6) is 1.52. The molecule has 2 rings (SSSR count). The zero-order valence-electron chi connectivity index (χ0n) is 9.98. The molecule has 0 spiro atoms. The Morgan fingerprint density at radius 2 is 2.19 bits per heavy atom. The summed E-state index contributed by atoms with van der Waals surface area (Å²) < 4.78 is 0. The third kappa shape index (κ3) is 2.37. The molecule has 1 amide bonds. The van der Waals surface area contributed by atoms with Crippen molar-refractivity contribution in [3.05, 3.63) is 0 Å². The lowest BCUT2D eigenvalue weighted by molar-refractivity contribution is -0.128. The second kappa shape index (κ2) is 4.86.